The molecule has 0 saturated carbocycles. The molecule has 1 amide bonds. The third-order valence-corrected chi connectivity index (χ3v) is 3.00. The number of aromatic carboxylic acids is 1. The molecule has 7 heteroatoms. The molecule has 3 rings (SSSR count). The van der Waals surface area contributed by atoms with Crippen LogP contribution in [0.5, 0.6) is 0 Å². The molecule has 0 radical (unpaired) electrons. The number of furan rings is 1. The molecule has 2 heterocycles. The fourth-order valence-corrected chi connectivity index (χ4v) is 1.94. The van der Waals surface area contributed by atoms with Gasteiger partial charge in [-0.05, 0) is 30.3 Å². The van der Waals surface area contributed by atoms with Crippen LogP contribution in [-0.4, -0.2) is 27.2 Å². The Morgan fingerprint density at radius 3 is 2.90 bits per heavy atom. The molecule has 0 aliphatic carbocycles. The number of aromatic nitrogens is 2. The lowest BCUT2D eigenvalue weighted by atomic mass is 10.1. The maximum absolute atomic E-state index is 12.0. The van der Waals surface area contributed by atoms with E-state index >= 15 is 0 Å². The zero-order valence-electron chi connectivity index (χ0n) is 10.8. The molecule has 0 unspecified atom stereocenters. The molecular weight excluding hydrogens is 274 g/mol. The molecule has 0 fully saturated rings. The lowest BCUT2D eigenvalue weighted by Gasteiger charge is -2.03. The highest BCUT2D eigenvalue weighted by atomic mass is 16.4. The number of benzene rings is 1. The Kier molecular flexibility index (Phi) is 3.15. The van der Waals surface area contributed by atoms with Crippen molar-refractivity contribution in [3.8, 4) is 0 Å². The number of carboxylic acids is 1. The van der Waals surface area contributed by atoms with Gasteiger partial charge in [-0.15, -0.1) is 0 Å². The third-order valence-electron chi connectivity index (χ3n) is 3.00. The first-order chi connectivity index (χ1) is 10.1. The first kappa shape index (κ1) is 12.9. The largest absolute Gasteiger partial charge is 0.475 e. The van der Waals surface area contributed by atoms with Crippen molar-refractivity contribution in [2.75, 3.05) is 0 Å². The monoisotopic (exact) mass is 285 g/mol. The van der Waals surface area contributed by atoms with Crippen LogP contribution in [-0.2, 0) is 6.54 Å². The molecule has 3 aromatic rings. The topological polar surface area (TPSA) is 108 Å². The molecule has 0 bridgehead atoms. The molecule has 0 aliphatic heterocycles. The van der Waals surface area contributed by atoms with E-state index in [1.165, 1.54) is 12.1 Å². The molecule has 1 aromatic carbocycles. The normalized spacial score (nSPS) is 10.7. The van der Waals surface area contributed by atoms with E-state index in [9.17, 15) is 9.59 Å². The molecule has 0 atom stereocenters. The van der Waals surface area contributed by atoms with Crippen LogP contribution >= 0.6 is 0 Å². The highest BCUT2D eigenvalue weighted by Crippen LogP contribution is 2.13. The number of hydrogen-bond donors (Lipinski definition) is 3. The SMILES string of the molecule is O=C(NCc1ccc(C(=O)O)o1)c1ccc2[nH]ncc2c1. The smallest absolute Gasteiger partial charge is 0.371 e. The minimum atomic E-state index is -1.14. The summed E-state index contributed by atoms with van der Waals surface area (Å²) in [6.45, 7) is 0.121. The number of carbonyl (C=O) groups is 2. The quantitative estimate of drug-likeness (QED) is 0.677. The average molecular weight is 285 g/mol. The number of nitrogens with zero attached hydrogens (tertiary/aromatic N) is 1. The van der Waals surface area contributed by atoms with Crippen LogP contribution in [0.15, 0.2) is 40.9 Å². The predicted octanol–water partition coefficient (Wildman–Crippen LogP) is 1.78. The van der Waals surface area contributed by atoms with Crippen LogP contribution in [0, 0.1) is 0 Å². The number of fused-ring (bicyclic) bond motifs is 1. The first-order valence-electron chi connectivity index (χ1n) is 6.17. The number of H-pyrrole nitrogens is 1. The van der Waals surface area contributed by atoms with Crippen LogP contribution in [0.25, 0.3) is 10.9 Å². The number of carboxylic acid groups (broad SMARTS) is 1. The molecule has 3 N–H and O–H groups in total. The van der Waals surface area contributed by atoms with Gasteiger partial charge in [0, 0.05) is 10.9 Å². The first-order valence-corrected chi connectivity index (χ1v) is 6.17. The Labute approximate surface area is 118 Å². The van der Waals surface area contributed by atoms with E-state index in [0.717, 1.165) is 10.9 Å². The van der Waals surface area contributed by atoms with Gasteiger partial charge in [-0.1, -0.05) is 0 Å². The van der Waals surface area contributed by atoms with Crippen molar-refractivity contribution < 1.29 is 19.1 Å². The Bertz CT molecular complexity index is 818. The Hall–Kier alpha value is -3.09. The maximum atomic E-state index is 12.0. The second kappa shape index (κ2) is 5.12. The molecule has 0 aliphatic rings. The van der Waals surface area contributed by atoms with Crippen molar-refractivity contribution in [1.29, 1.82) is 0 Å². The summed E-state index contributed by atoms with van der Waals surface area (Å²) in [6.07, 6.45) is 1.64. The molecule has 2 aromatic heterocycles. The summed E-state index contributed by atoms with van der Waals surface area (Å²) in [5.74, 6) is -1.19. The zero-order chi connectivity index (χ0) is 14.8. The molecular formula is C14H11N3O4. The van der Waals surface area contributed by atoms with Crippen LogP contribution in [0.1, 0.15) is 26.7 Å². The van der Waals surface area contributed by atoms with Crippen LogP contribution < -0.4 is 5.32 Å². The number of rotatable bonds is 4. The van der Waals surface area contributed by atoms with Crippen molar-refractivity contribution in [3.05, 3.63) is 53.6 Å². The standard InChI is InChI=1S/C14H11N3O4/c18-13(8-1-3-11-9(5-8)6-16-17-11)15-7-10-2-4-12(21-10)14(19)20/h1-6H,7H2,(H,15,18)(H,16,17)(H,19,20). The summed E-state index contributed by atoms with van der Waals surface area (Å²) in [7, 11) is 0. The lowest BCUT2D eigenvalue weighted by molar-refractivity contribution is 0.0660. The molecule has 106 valence electrons. The third kappa shape index (κ3) is 2.62. The Morgan fingerprint density at radius 1 is 1.29 bits per heavy atom. The van der Waals surface area contributed by atoms with Gasteiger partial charge < -0.3 is 14.8 Å². The summed E-state index contributed by atoms with van der Waals surface area (Å²) in [6, 6.07) is 8.04. The van der Waals surface area contributed by atoms with E-state index in [-0.39, 0.29) is 18.2 Å². The second-order valence-corrected chi connectivity index (χ2v) is 4.43. The van der Waals surface area contributed by atoms with E-state index in [1.54, 1.807) is 24.4 Å². The van der Waals surface area contributed by atoms with Gasteiger partial charge in [-0.25, -0.2) is 4.79 Å². The average Bonchev–Trinajstić information content (AvgIpc) is 3.12. The van der Waals surface area contributed by atoms with Crippen LogP contribution in [0.3, 0.4) is 0 Å². The summed E-state index contributed by atoms with van der Waals surface area (Å²) in [5, 5.41) is 18.9. The van der Waals surface area contributed by atoms with Gasteiger partial charge in [0.2, 0.25) is 5.76 Å². The van der Waals surface area contributed by atoms with Crippen molar-refractivity contribution >= 4 is 22.8 Å². The number of carbonyl (C=O) groups excluding carboxylic acids is 1. The van der Waals surface area contributed by atoms with E-state index in [4.69, 9.17) is 9.52 Å². The van der Waals surface area contributed by atoms with Crippen molar-refractivity contribution in [2.45, 2.75) is 6.54 Å². The highest BCUT2D eigenvalue weighted by molar-refractivity contribution is 5.97. The summed E-state index contributed by atoms with van der Waals surface area (Å²) >= 11 is 0. The molecule has 0 spiro atoms. The second-order valence-electron chi connectivity index (χ2n) is 4.43. The summed E-state index contributed by atoms with van der Waals surface area (Å²) < 4.78 is 5.06. The number of aromatic amines is 1. The molecule has 0 saturated heterocycles. The van der Waals surface area contributed by atoms with Crippen molar-refractivity contribution in [3.63, 3.8) is 0 Å². The highest BCUT2D eigenvalue weighted by Gasteiger charge is 2.11. The lowest BCUT2D eigenvalue weighted by Crippen LogP contribution is -2.22. The van der Waals surface area contributed by atoms with Gasteiger partial charge in [0.25, 0.3) is 5.91 Å². The van der Waals surface area contributed by atoms with E-state index in [1.807, 2.05) is 0 Å². The maximum Gasteiger partial charge on any atom is 0.371 e. The predicted molar refractivity (Wildman–Crippen MR) is 72.9 cm³/mol. The number of nitrogens with one attached hydrogen (secondary N) is 2. The molecule has 21 heavy (non-hydrogen) atoms. The minimum Gasteiger partial charge on any atom is -0.475 e. The zero-order valence-corrected chi connectivity index (χ0v) is 10.8. The minimum absolute atomic E-state index is 0.121. The van der Waals surface area contributed by atoms with E-state index in [2.05, 4.69) is 15.5 Å². The fraction of sp³-hybridized carbons (Fsp3) is 0.0714. The summed E-state index contributed by atoms with van der Waals surface area (Å²) in [5.41, 5.74) is 1.34. The van der Waals surface area contributed by atoms with Gasteiger partial charge >= 0.3 is 5.97 Å². The van der Waals surface area contributed by atoms with Crippen LogP contribution in [0.4, 0.5) is 0 Å². The van der Waals surface area contributed by atoms with Gasteiger partial charge in [0.05, 0.1) is 18.3 Å². The Morgan fingerprint density at radius 2 is 2.14 bits per heavy atom. The number of hydrogen-bond acceptors (Lipinski definition) is 4. The van der Waals surface area contributed by atoms with Gasteiger partial charge in [0.1, 0.15) is 5.76 Å². The van der Waals surface area contributed by atoms with Crippen LogP contribution in [0.2, 0.25) is 0 Å². The molecule has 7 nitrogen and oxygen atoms in total. The van der Waals surface area contributed by atoms with E-state index in [0.29, 0.717) is 11.3 Å². The fourth-order valence-electron chi connectivity index (χ4n) is 1.94. The van der Waals surface area contributed by atoms with Gasteiger partial charge in [0.15, 0.2) is 0 Å². The van der Waals surface area contributed by atoms with E-state index < -0.39 is 5.97 Å². The van der Waals surface area contributed by atoms with Crippen molar-refractivity contribution in [2.24, 2.45) is 0 Å². The van der Waals surface area contributed by atoms with Gasteiger partial charge in [-0.3, -0.25) is 9.89 Å². The summed E-state index contributed by atoms with van der Waals surface area (Å²) in [4.78, 5) is 22.7. The number of amides is 1. The van der Waals surface area contributed by atoms with Crippen molar-refractivity contribution in [1.82, 2.24) is 15.5 Å². The Balaban J connectivity index is 1.69. The van der Waals surface area contributed by atoms with Gasteiger partial charge in [-0.2, -0.15) is 5.10 Å².